The van der Waals surface area contributed by atoms with Gasteiger partial charge in [-0.1, -0.05) is 6.42 Å². The summed E-state index contributed by atoms with van der Waals surface area (Å²) in [7, 11) is 1.83. The Morgan fingerprint density at radius 3 is 2.89 bits per heavy atom. The van der Waals surface area contributed by atoms with Crippen LogP contribution in [0.15, 0.2) is 6.07 Å². The molecule has 6 nitrogen and oxygen atoms in total. The van der Waals surface area contributed by atoms with Crippen LogP contribution in [0, 0.1) is 0 Å². The Balaban J connectivity index is 2.01. The molecule has 1 aliphatic carbocycles. The zero-order valence-electron chi connectivity index (χ0n) is 11.6. The molecule has 106 valence electrons. The highest BCUT2D eigenvalue weighted by Gasteiger charge is 2.23. The van der Waals surface area contributed by atoms with Gasteiger partial charge in [0.2, 0.25) is 0 Å². The Hall–Kier alpha value is -1.56. The number of rotatable bonds is 5. The van der Waals surface area contributed by atoms with Crippen molar-refractivity contribution in [3.05, 3.63) is 11.8 Å². The van der Waals surface area contributed by atoms with Gasteiger partial charge in [0.25, 0.3) is 0 Å². The summed E-state index contributed by atoms with van der Waals surface area (Å²) in [6, 6.07) is 1.76. The molecule has 1 heterocycles. The third-order valence-corrected chi connectivity index (χ3v) is 3.70. The fourth-order valence-electron chi connectivity index (χ4n) is 2.22. The molecule has 1 fully saturated rings. The standard InChI is InChI=1S/C13H22N4O2/c1-3-17(7-8-18)13(19)14-12-9-11(15-16(12)2)10-5-4-6-10/h9-10,18H,3-8H2,1-2H3,(H,14,19). The van der Waals surface area contributed by atoms with Crippen LogP contribution in [0.4, 0.5) is 10.6 Å². The second-order valence-electron chi connectivity index (χ2n) is 4.94. The van der Waals surface area contributed by atoms with Crippen LogP contribution in [0.5, 0.6) is 0 Å². The van der Waals surface area contributed by atoms with Crippen molar-refractivity contribution < 1.29 is 9.90 Å². The SMILES string of the molecule is CCN(CCO)C(=O)Nc1cc(C2CCC2)nn1C. The maximum atomic E-state index is 12.0. The van der Waals surface area contributed by atoms with E-state index in [1.165, 1.54) is 19.3 Å². The van der Waals surface area contributed by atoms with Crippen LogP contribution in [0.2, 0.25) is 0 Å². The van der Waals surface area contributed by atoms with Gasteiger partial charge in [-0.05, 0) is 19.8 Å². The number of hydrogen-bond donors (Lipinski definition) is 2. The number of anilines is 1. The maximum Gasteiger partial charge on any atom is 0.323 e. The summed E-state index contributed by atoms with van der Waals surface area (Å²) in [5.41, 5.74) is 1.06. The molecule has 0 aliphatic heterocycles. The number of urea groups is 1. The van der Waals surface area contributed by atoms with Crippen molar-refractivity contribution in [1.29, 1.82) is 0 Å². The number of nitrogens with zero attached hydrogens (tertiary/aromatic N) is 3. The van der Waals surface area contributed by atoms with Crippen molar-refractivity contribution in [2.75, 3.05) is 25.0 Å². The number of nitrogens with one attached hydrogen (secondary N) is 1. The van der Waals surface area contributed by atoms with E-state index >= 15 is 0 Å². The fraction of sp³-hybridized carbons (Fsp3) is 0.692. The zero-order chi connectivity index (χ0) is 13.8. The number of amides is 2. The lowest BCUT2D eigenvalue weighted by Crippen LogP contribution is -2.37. The van der Waals surface area contributed by atoms with Gasteiger partial charge in [0.1, 0.15) is 5.82 Å². The van der Waals surface area contributed by atoms with E-state index in [0.717, 1.165) is 5.69 Å². The highest BCUT2D eigenvalue weighted by molar-refractivity contribution is 5.88. The second-order valence-corrected chi connectivity index (χ2v) is 4.94. The van der Waals surface area contributed by atoms with Crippen LogP contribution in [0.25, 0.3) is 0 Å². The number of carbonyl (C=O) groups is 1. The summed E-state index contributed by atoms with van der Waals surface area (Å²) in [4.78, 5) is 13.6. The Bertz CT molecular complexity index is 440. The van der Waals surface area contributed by atoms with Crippen LogP contribution in [-0.2, 0) is 7.05 Å². The van der Waals surface area contributed by atoms with Crippen LogP contribution in [0.3, 0.4) is 0 Å². The largest absolute Gasteiger partial charge is 0.395 e. The predicted octanol–water partition coefficient (Wildman–Crippen LogP) is 1.53. The van der Waals surface area contributed by atoms with Crippen molar-refractivity contribution >= 4 is 11.8 Å². The van der Waals surface area contributed by atoms with Gasteiger partial charge >= 0.3 is 6.03 Å². The zero-order valence-corrected chi connectivity index (χ0v) is 11.6. The van der Waals surface area contributed by atoms with Gasteiger partial charge in [-0.25, -0.2) is 4.79 Å². The molecule has 2 amide bonds. The van der Waals surface area contributed by atoms with E-state index in [1.807, 2.05) is 20.0 Å². The molecule has 1 aromatic rings. The van der Waals surface area contributed by atoms with Gasteiger partial charge in [-0.15, -0.1) is 0 Å². The van der Waals surface area contributed by atoms with E-state index in [2.05, 4.69) is 10.4 Å². The lowest BCUT2D eigenvalue weighted by Gasteiger charge is -2.22. The minimum Gasteiger partial charge on any atom is -0.395 e. The Morgan fingerprint density at radius 1 is 1.63 bits per heavy atom. The summed E-state index contributed by atoms with van der Waals surface area (Å²) in [5.74, 6) is 1.26. The molecule has 0 aromatic carbocycles. The third kappa shape index (κ3) is 3.07. The summed E-state index contributed by atoms with van der Waals surface area (Å²) < 4.78 is 1.71. The van der Waals surface area contributed by atoms with Crippen LogP contribution < -0.4 is 5.32 Å². The summed E-state index contributed by atoms with van der Waals surface area (Å²) in [6.45, 7) is 2.77. The minimum absolute atomic E-state index is 0.0278. The van der Waals surface area contributed by atoms with Gasteiger partial charge in [-0.3, -0.25) is 10.00 Å². The monoisotopic (exact) mass is 266 g/mol. The third-order valence-electron chi connectivity index (χ3n) is 3.70. The number of carbonyl (C=O) groups excluding carboxylic acids is 1. The van der Waals surface area contributed by atoms with Gasteiger partial charge in [0.15, 0.2) is 0 Å². The van der Waals surface area contributed by atoms with Crippen molar-refractivity contribution in [2.24, 2.45) is 7.05 Å². The average Bonchev–Trinajstić information content (AvgIpc) is 2.65. The molecule has 0 saturated heterocycles. The van der Waals surface area contributed by atoms with E-state index in [1.54, 1.807) is 9.58 Å². The van der Waals surface area contributed by atoms with Gasteiger partial charge in [-0.2, -0.15) is 5.10 Å². The summed E-state index contributed by atoms with van der Waals surface area (Å²) >= 11 is 0. The molecule has 0 spiro atoms. The van der Waals surface area contributed by atoms with Crippen molar-refractivity contribution in [2.45, 2.75) is 32.1 Å². The second kappa shape index (κ2) is 6.06. The average molecular weight is 266 g/mol. The first-order valence-corrected chi connectivity index (χ1v) is 6.86. The molecule has 19 heavy (non-hydrogen) atoms. The molecule has 2 N–H and O–H groups in total. The van der Waals surface area contributed by atoms with E-state index < -0.39 is 0 Å². The normalized spacial score (nSPS) is 15.1. The molecule has 1 aliphatic rings. The molecule has 1 aromatic heterocycles. The number of aliphatic hydroxyl groups is 1. The highest BCUT2D eigenvalue weighted by atomic mass is 16.3. The number of aliphatic hydroxyl groups excluding tert-OH is 1. The molecule has 0 unspecified atom stereocenters. The van der Waals surface area contributed by atoms with Crippen LogP contribution >= 0.6 is 0 Å². The highest BCUT2D eigenvalue weighted by Crippen LogP contribution is 2.36. The minimum atomic E-state index is -0.195. The molecule has 2 rings (SSSR count). The lowest BCUT2D eigenvalue weighted by atomic mass is 9.83. The van der Waals surface area contributed by atoms with Gasteiger partial charge in [0.05, 0.1) is 12.3 Å². The summed E-state index contributed by atoms with van der Waals surface area (Å²) in [6.07, 6.45) is 3.65. The molecule has 1 saturated carbocycles. The van der Waals surface area contributed by atoms with Gasteiger partial charge in [0, 0.05) is 32.1 Å². The van der Waals surface area contributed by atoms with Crippen molar-refractivity contribution in [3.8, 4) is 0 Å². The first-order chi connectivity index (χ1) is 9.15. The molecular formula is C13H22N4O2. The van der Waals surface area contributed by atoms with E-state index in [9.17, 15) is 4.79 Å². The molecule has 0 radical (unpaired) electrons. The Morgan fingerprint density at radius 2 is 2.37 bits per heavy atom. The smallest absolute Gasteiger partial charge is 0.323 e. The van der Waals surface area contributed by atoms with Crippen LogP contribution in [0.1, 0.15) is 37.8 Å². The number of aryl methyl sites for hydroxylation is 1. The Kier molecular flexibility index (Phi) is 4.42. The quantitative estimate of drug-likeness (QED) is 0.849. The predicted molar refractivity (Wildman–Crippen MR) is 73.2 cm³/mol. The van der Waals surface area contributed by atoms with E-state index in [0.29, 0.717) is 24.8 Å². The van der Waals surface area contributed by atoms with E-state index in [4.69, 9.17) is 5.11 Å². The Labute approximate surface area is 113 Å². The first kappa shape index (κ1) is 13.9. The van der Waals surface area contributed by atoms with Crippen molar-refractivity contribution in [1.82, 2.24) is 14.7 Å². The topological polar surface area (TPSA) is 70.4 Å². The van der Waals surface area contributed by atoms with Crippen molar-refractivity contribution in [3.63, 3.8) is 0 Å². The fourth-order valence-corrected chi connectivity index (χ4v) is 2.22. The summed E-state index contributed by atoms with van der Waals surface area (Å²) in [5, 5.41) is 16.2. The van der Waals surface area contributed by atoms with Gasteiger partial charge < -0.3 is 10.0 Å². The first-order valence-electron chi connectivity index (χ1n) is 6.86. The molecular weight excluding hydrogens is 244 g/mol. The molecule has 0 atom stereocenters. The maximum absolute atomic E-state index is 12.0. The molecule has 6 heteroatoms. The van der Waals surface area contributed by atoms with Crippen LogP contribution in [-0.4, -0.2) is 45.5 Å². The lowest BCUT2D eigenvalue weighted by molar-refractivity contribution is 0.191. The number of likely N-dealkylation sites (N-methyl/N-ethyl adjacent to an activating group) is 1. The number of hydrogen-bond acceptors (Lipinski definition) is 3. The molecule has 0 bridgehead atoms. The van der Waals surface area contributed by atoms with E-state index in [-0.39, 0.29) is 12.6 Å². The number of aromatic nitrogens is 2.